The first-order chi connectivity index (χ1) is 15.7. The number of alkyl halides is 3. The zero-order valence-electron chi connectivity index (χ0n) is 17.2. The molecule has 33 heavy (non-hydrogen) atoms. The molecule has 4 aromatic rings. The van der Waals surface area contributed by atoms with Crippen LogP contribution in [-0.2, 0) is 10.1 Å². The van der Waals surface area contributed by atoms with E-state index in [4.69, 9.17) is 13.0 Å². The molecular formula is C24H20F3NO3PS+. The summed E-state index contributed by atoms with van der Waals surface area (Å²) in [6.45, 7) is 0. The first-order valence-corrected chi connectivity index (χ1v) is 12.9. The highest BCUT2D eigenvalue weighted by Gasteiger charge is 2.47. The Morgan fingerprint density at radius 3 is 1.15 bits per heavy atom. The van der Waals surface area contributed by atoms with Crippen molar-refractivity contribution in [2.75, 3.05) is 0 Å². The lowest BCUT2D eigenvalue weighted by Crippen LogP contribution is -2.38. The van der Waals surface area contributed by atoms with Gasteiger partial charge in [-0.25, -0.2) is 0 Å². The normalized spacial score (nSPS) is 11.9. The Hall–Kier alpha value is -3.06. The van der Waals surface area contributed by atoms with Crippen LogP contribution in [0.3, 0.4) is 0 Å². The Labute approximate surface area is 190 Å². The molecule has 0 aliphatic heterocycles. The Morgan fingerprint density at radius 1 is 0.606 bits per heavy atom. The maximum Gasteiger partial charge on any atom is 0.522 e. The van der Waals surface area contributed by atoms with Gasteiger partial charge in [-0.2, -0.15) is 21.6 Å². The number of rotatable bonds is 4. The lowest BCUT2D eigenvalue weighted by Gasteiger charge is -2.27. The Kier molecular flexibility index (Phi) is 7.64. The van der Waals surface area contributed by atoms with Crippen LogP contribution in [-0.4, -0.2) is 23.5 Å². The Morgan fingerprint density at radius 2 is 0.879 bits per heavy atom. The van der Waals surface area contributed by atoms with Crippen molar-refractivity contribution in [1.29, 1.82) is 0 Å². The van der Waals surface area contributed by atoms with Gasteiger partial charge in [0.05, 0.1) is 0 Å². The van der Waals surface area contributed by atoms with Gasteiger partial charge in [0, 0.05) is 12.4 Å². The van der Waals surface area contributed by atoms with E-state index >= 15 is 0 Å². The van der Waals surface area contributed by atoms with Gasteiger partial charge in [-0.15, -0.1) is 0 Å². The van der Waals surface area contributed by atoms with Crippen molar-refractivity contribution in [2.45, 2.75) is 5.51 Å². The van der Waals surface area contributed by atoms with Crippen LogP contribution in [0.25, 0.3) is 0 Å². The lowest BCUT2D eigenvalue weighted by atomic mass is 10.3. The van der Waals surface area contributed by atoms with Gasteiger partial charge in [0.1, 0.15) is 28.5 Å². The van der Waals surface area contributed by atoms with Crippen LogP contribution in [0, 0.1) is 0 Å². The van der Waals surface area contributed by atoms with Crippen molar-refractivity contribution in [3.05, 3.63) is 116 Å². The lowest BCUT2D eigenvalue weighted by molar-refractivity contribution is -0.0510. The maximum absolute atomic E-state index is 10.7. The van der Waals surface area contributed by atoms with Crippen molar-refractivity contribution >= 4 is 38.6 Å². The third kappa shape index (κ3) is 5.47. The molecule has 0 saturated carbocycles. The molecule has 170 valence electrons. The van der Waals surface area contributed by atoms with Crippen LogP contribution in [0.2, 0.25) is 0 Å². The Bertz CT molecular complexity index is 1090. The summed E-state index contributed by atoms with van der Waals surface area (Å²) in [5.74, 6) is 0. The summed E-state index contributed by atoms with van der Waals surface area (Å²) in [5.41, 5.74) is -5.53. The number of aromatic nitrogens is 1. The minimum Gasteiger partial charge on any atom is -0.279 e. The zero-order chi connectivity index (χ0) is 24.0. The maximum atomic E-state index is 10.7. The predicted molar refractivity (Wildman–Crippen MR) is 127 cm³/mol. The summed E-state index contributed by atoms with van der Waals surface area (Å²) in [6.07, 6.45) is 3.80. The molecule has 0 bridgehead atoms. The van der Waals surface area contributed by atoms with Gasteiger partial charge in [-0.3, -0.25) is 9.54 Å². The van der Waals surface area contributed by atoms with Crippen LogP contribution >= 0.6 is 7.26 Å². The van der Waals surface area contributed by atoms with Crippen molar-refractivity contribution in [3.8, 4) is 0 Å². The van der Waals surface area contributed by atoms with Gasteiger partial charge in [0.25, 0.3) is 0 Å². The molecule has 1 aromatic heterocycles. The van der Waals surface area contributed by atoms with Crippen LogP contribution in [0.1, 0.15) is 0 Å². The quantitative estimate of drug-likeness (QED) is 0.266. The zero-order valence-corrected chi connectivity index (χ0v) is 18.9. The molecule has 3 aromatic carbocycles. The predicted octanol–water partition coefficient (Wildman–Crippen LogP) is 4.10. The van der Waals surface area contributed by atoms with E-state index in [1.807, 2.05) is 12.4 Å². The Balaban J connectivity index is 0.000000331. The third-order valence-corrected chi connectivity index (χ3v) is 9.65. The smallest absolute Gasteiger partial charge is 0.279 e. The van der Waals surface area contributed by atoms with Gasteiger partial charge in [-0.1, -0.05) is 54.6 Å². The van der Waals surface area contributed by atoms with Crippen molar-refractivity contribution in [2.24, 2.45) is 0 Å². The summed E-state index contributed by atoms with van der Waals surface area (Å²) in [4.78, 5) is 4.26. The van der Waals surface area contributed by atoms with Crippen LogP contribution in [0.15, 0.2) is 116 Å². The monoisotopic (exact) mass is 490 g/mol. The molecule has 0 radical (unpaired) electrons. The minimum absolute atomic E-state index is 1.33. The van der Waals surface area contributed by atoms with E-state index in [-0.39, 0.29) is 0 Å². The molecule has 0 atom stereocenters. The highest BCUT2D eigenvalue weighted by Crippen LogP contribution is 2.53. The molecule has 0 fully saturated rings. The van der Waals surface area contributed by atoms with E-state index in [0.29, 0.717) is 0 Å². The highest BCUT2D eigenvalue weighted by molar-refractivity contribution is 8.01. The second kappa shape index (κ2) is 10.3. The molecule has 0 unspecified atom stereocenters. The summed E-state index contributed by atoms with van der Waals surface area (Å²) >= 11 is 0. The van der Waals surface area contributed by atoms with Crippen molar-refractivity contribution < 1.29 is 26.1 Å². The molecule has 0 spiro atoms. The average molecular weight is 490 g/mol. The summed E-state index contributed by atoms with van der Waals surface area (Å²) in [5, 5.41) is 5.40. The van der Waals surface area contributed by atoms with E-state index in [0.717, 1.165) is 0 Å². The van der Waals surface area contributed by atoms with E-state index in [1.165, 1.54) is 21.2 Å². The summed E-state index contributed by atoms with van der Waals surface area (Å²) in [7, 11) is -7.79. The summed E-state index contributed by atoms with van der Waals surface area (Å²) in [6, 6.07) is 37.0. The highest BCUT2D eigenvalue weighted by atomic mass is 32.2. The van der Waals surface area contributed by atoms with Gasteiger partial charge in [0.15, 0.2) is 0 Å². The third-order valence-electron chi connectivity index (χ3n) is 4.77. The number of pyridine rings is 1. The van der Waals surface area contributed by atoms with E-state index in [1.54, 1.807) is 0 Å². The van der Waals surface area contributed by atoms with Crippen LogP contribution in [0.4, 0.5) is 13.2 Å². The fraction of sp³-hybridized carbons (Fsp3) is 0.0417. The molecule has 0 aliphatic carbocycles. The second-order valence-electron chi connectivity index (χ2n) is 6.80. The molecule has 0 saturated heterocycles. The molecular weight excluding hydrogens is 470 g/mol. The number of halogens is 3. The number of benzene rings is 3. The van der Waals surface area contributed by atoms with E-state index < -0.39 is 22.9 Å². The average Bonchev–Trinajstić information content (AvgIpc) is 2.82. The minimum atomic E-state index is -5.84. The fourth-order valence-electron chi connectivity index (χ4n) is 3.42. The topological polar surface area (TPSA) is 67.3 Å². The van der Waals surface area contributed by atoms with Crippen molar-refractivity contribution in [3.63, 3.8) is 0 Å². The molecule has 4 nitrogen and oxygen atoms in total. The van der Waals surface area contributed by atoms with Crippen LogP contribution in [0.5, 0.6) is 0 Å². The molecule has 4 rings (SSSR count). The fourth-order valence-corrected chi connectivity index (χ4v) is 7.64. The van der Waals surface area contributed by atoms with Gasteiger partial charge in [0.2, 0.25) is 0 Å². The first-order valence-electron chi connectivity index (χ1n) is 9.67. The first kappa shape index (κ1) is 24.6. The summed E-state index contributed by atoms with van der Waals surface area (Å²) < 4.78 is 57.5. The van der Waals surface area contributed by atoms with Crippen molar-refractivity contribution in [1.82, 2.24) is 4.98 Å². The van der Waals surface area contributed by atoms with Gasteiger partial charge >= 0.3 is 15.6 Å². The largest absolute Gasteiger partial charge is 0.522 e. The van der Waals surface area contributed by atoms with Crippen LogP contribution < -0.4 is 21.2 Å². The van der Waals surface area contributed by atoms with Gasteiger partial charge in [-0.05, 0) is 48.5 Å². The molecule has 9 heteroatoms. The standard InChI is InChI=1S/C23H19NP.CHF3O3S/c1-4-10-20(11-5-1)25(21-12-6-2-7-13-21,22-14-8-3-9-15-22)23-16-18-24-19-17-23;2-1(3,4)8(5,6)7/h1-19H;(H,5,6,7)/q+1;. The number of nitrogens with zero attached hydrogens (tertiary/aromatic N) is 1. The van der Waals surface area contributed by atoms with E-state index in [2.05, 4.69) is 108 Å². The second-order valence-corrected chi connectivity index (χ2v) is 11.6. The molecule has 1 heterocycles. The molecule has 0 amide bonds. The number of hydrogen-bond donors (Lipinski definition) is 1. The van der Waals surface area contributed by atoms with E-state index in [9.17, 15) is 13.2 Å². The molecule has 0 aliphatic rings. The van der Waals surface area contributed by atoms with Gasteiger partial charge < -0.3 is 0 Å². The number of hydrogen-bond acceptors (Lipinski definition) is 3. The SMILES string of the molecule is O=S(=O)(O)C(F)(F)F.c1ccc([P+](c2ccccc2)(c2ccccc2)c2ccncc2)cc1. The molecule has 1 N–H and O–H groups in total.